The SMILES string of the molecule is Cc1cccc(C(=O)O[C@@H](C)C(=O)c2ccc(NC(=O)C(C)(C)C)cc2)c1. The van der Waals surface area contributed by atoms with Crippen molar-refractivity contribution in [3.8, 4) is 0 Å². The molecule has 2 aromatic carbocycles. The zero-order chi connectivity index (χ0) is 20.2. The van der Waals surface area contributed by atoms with Crippen molar-refractivity contribution in [1.29, 1.82) is 0 Å². The molecule has 0 saturated carbocycles. The number of benzene rings is 2. The lowest BCUT2D eigenvalue weighted by atomic mass is 9.95. The quantitative estimate of drug-likeness (QED) is 0.628. The maximum Gasteiger partial charge on any atom is 0.338 e. The van der Waals surface area contributed by atoms with Crippen LogP contribution in [0.15, 0.2) is 48.5 Å². The van der Waals surface area contributed by atoms with Crippen molar-refractivity contribution in [3.63, 3.8) is 0 Å². The average molecular weight is 367 g/mol. The fourth-order valence-corrected chi connectivity index (χ4v) is 2.33. The molecule has 1 amide bonds. The van der Waals surface area contributed by atoms with Crippen molar-refractivity contribution in [2.45, 2.75) is 40.7 Å². The number of Topliss-reactive ketones (excluding diaryl/α,β-unsaturated/α-hetero) is 1. The first-order valence-electron chi connectivity index (χ1n) is 8.81. The fraction of sp³-hybridized carbons (Fsp3) is 0.318. The van der Waals surface area contributed by atoms with Gasteiger partial charge >= 0.3 is 5.97 Å². The zero-order valence-corrected chi connectivity index (χ0v) is 16.3. The Morgan fingerprint density at radius 1 is 0.963 bits per heavy atom. The molecule has 0 spiro atoms. The van der Waals surface area contributed by atoms with Gasteiger partial charge in [-0.1, -0.05) is 38.5 Å². The minimum Gasteiger partial charge on any atom is -0.451 e. The van der Waals surface area contributed by atoms with Crippen LogP contribution in [-0.2, 0) is 9.53 Å². The van der Waals surface area contributed by atoms with E-state index in [9.17, 15) is 14.4 Å². The number of amides is 1. The Hall–Kier alpha value is -2.95. The number of anilines is 1. The van der Waals surface area contributed by atoms with E-state index in [1.807, 2.05) is 33.8 Å². The average Bonchev–Trinajstić information content (AvgIpc) is 2.60. The van der Waals surface area contributed by atoms with E-state index in [4.69, 9.17) is 4.74 Å². The number of carbonyl (C=O) groups is 3. The molecule has 0 fully saturated rings. The van der Waals surface area contributed by atoms with Crippen molar-refractivity contribution < 1.29 is 19.1 Å². The van der Waals surface area contributed by atoms with Crippen LogP contribution in [0.4, 0.5) is 5.69 Å². The van der Waals surface area contributed by atoms with Gasteiger partial charge in [0, 0.05) is 16.7 Å². The molecule has 0 radical (unpaired) electrons. The number of rotatable bonds is 5. The van der Waals surface area contributed by atoms with Crippen molar-refractivity contribution in [1.82, 2.24) is 0 Å². The van der Waals surface area contributed by atoms with Crippen LogP contribution in [-0.4, -0.2) is 23.8 Å². The largest absolute Gasteiger partial charge is 0.451 e. The summed E-state index contributed by atoms with van der Waals surface area (Å²) in [6.45, 7) is 8.90. The monoisotopic (exact) mass is 367 g/mol. The van der Waals surface area contributed by atoms with E-state index in [1.165, 1.54) is 0 Å². The fourth-order valence-electron chi connectivity index (χ4n) is 2.33. The van der Waals surface area contributed by atoms with Gasteiger partial charge < -0.3 is 10.1 Å². The number of carbonyl (C=O) groups excluding carboxylic acids is 3. The van der Waals surface area contributed by atoms with Crippen molar-refractivity contribution in [3.05, 3.63) is 65.2 Å². The van der Waals surface area contributed by atoms with Gasteiger partial charge in [-0.25, -0.2) is 4.79 Å². The molecule has 1 N–H and O–H groups in total. The highest BCUT2D eigenvalue weighted by Crippen LogP contribution is 2.18. The van der Waals surface area contributed by atoms with E-state index in [0.717, 1.165) is 5.56 Å². The summed E-state index contributed by atoms with van der Waals surface area (Å²) in [4.78, 5) is 36.7. The number of nitrogens with one attached hydrogen (secondary N) is 1. The second-order valence-electron chi connectivity index (χ2n) is 7.56. The Balaban J connectivity index is 2.02. The number of hydrogen-bond donors (Lipinski definition) is 1. The molecule has 0 unspecified atom stereocenters. The van der Waals surface area contributed by atoms with E-state index in [0.29, 0.717) is 16.8 Å². The van der Waals surface area contributed by atoms with E-state index < -0.39 is 17.5 Å². The van der Waals surface area contributed by atoms with Crippen molar-refractivity contribution in [2.75, 3.05) is 5.32 Å². The van der Waals surface area contributed by atoms with E-state index in [-0.39, 0.29) is 11.7 Å². The lowest BCUT2D eigenvalue weighted by molar-refractivity contribution is -0.123. The van der Waals surface area contributed by atoms with Crippen molar-refractivity contribution in [2.24, 2.45) is 5.41 Å². The summed E-state index contributed by atoms with van der Waals surface area (Å²) in [7, 11) is 0. The van der Waals surface area contributed by atoms with Gasteiger partial charge in [0.15, 0.2) is 6.10 Å². The second-order valence-corrected chi connectivity index (χ2v) is 7.56. The predicted molar refractivity (Wildman–Crippen MR) is 105 cm³/mol. The highest BCUT2D eigenvalue weighted by atomic mass is 16.5. The number of hydrogen-bond acceptors (Lipinski definition) is 4. The second kappa shape index (κ2) is 8.16. The van der Waals surface area contributed by atoms with E-state index in [1.54, 1.807) is 49.4 Å². The molecule has 2 aromatic rings. The van der Waals surface area contributed by atoms with Crippen molar-refractivity contribution >= 4 is 23.3 Å². The third-order valence-corrected chi connectivity index (χ3v) is 4.02. The summed E-state index contributed by atoms with van der Waals surface area (Å²) < 4.78 is 5.29. The molecule has 0 aliphatic rings. The molecular weight excluding hydrogens is 342 g/mol. The van der Waals surface area contributed by atoms with E-state index >= 15 is 0 Å². The van der Waals surface area contributed by atoms with Gasteiger partial charge in [-0.05, 0) is 50.2 Å². The smallest absolute Gasteiger partial charge is 0.338 e. The Labute approximate surface area is 159 Å². The molecule has 5 heteroatoms. The summed E-state index contributed by atoms with van der Waals surface area (Å²) in [6, 6.07) is 13.5. The molecule has 0 saturated heterocycles. The van der Waals surface area contributed by atoms with Gasteiger partial charge in [0.25, 0.3) is 0 Å². The van der Waals surface area contributed by atoms with Crippen LogP contribution in [0.5, 0.6) is 0 Å². The molecule has 0 heterocycles. The number of esters is 1. The molecule has 1 atom stereocenters. The van der Waals surface area contributed by atoms with Crippen LogP contribution in [0.3, 0.4) is 0 Å². The lowest BCUT2D eigenvalue weighted by Crippen LogP contribution is -2.27. The molecule has 0 bridgehead atoms. The summed E-state index contributed by atoms with van der Waals surface area (Å²) >= 11 is 0. The minimum absolute atomic E-state index is 0.109. The summed E-state index contributed by atoms with van der Waals surface area (Å²) in [6.07, 6.45) is -0.909. The van der Waals surface area contributed by atoms with Gasteiger partial charge in [0.05, 0.1) is 5.56 Å². The van der Waals surface area contributed by atoms with Crippen LogP contribution < -0.4 is 5.32 Å². The zero-order valence-electron chi connectivity index (χ0n) is 16.3. The minimum atomic E-state index is -0.909. The highest BCUT2D eigenvalue weighted by Gasteiger charge is 2.22. The maximum absolute atomic E-state index is 12.5. The topological polar surface area (TPSA) is 72.5 Å². The first kappa shape index (κ1) is 20.4. The summed E-state index contributed by atoms with van der Waals surface area (Å²) in [5.74, 6) is -0.944. The molecule has 2 rings (SSSR count). The van der Waals surface area contributed by atoms with Crippen LogP contribution in [0.2, 0.25) is 0 Å². The third kappa shape index (κ3) is 5.51. The number of ketones is 1. The van der Waals surface area contributed by atoms with Gasteiger partial charge in [-0.15, -0.1) is 0 Å². The van der Waals surface area contributed by atoms with Gasteiger partial charge in [-0.2, -0.15) is 0 Å². The Bertz CT molecular complexity index is 847. The summed E-state index contributed by atoms with van der Waals surface area (Å²) in [5, 5.41) is 2.80. The molecule has 5 nitrogen and oxygen atoms in total. The molecule has 0 aliphatic carbocycles. The Morgan fingerprint density at radius 2 is 1.59 bits per heavy atom. The first-order chi connectivity index (χ1) is 12.6. The Morgan fingerprint density at radius 3 is 2.15 bits per heavy atom. The van der Waals surface area contributed by atoms with Crippen LogP contribution in [0.1, 0.15) is 54.0 Å². The van der Waals surface area contributed by atoms with Crippen LogP contribution in [0.25, 0.3) is 0 Å². The predicted octanol–water partition coefficient (Wildman–Crippen LogP) is 4.41. The maximum atomic E-state index is 12.5. The molecule has 142 valence electrons. The molecular formula is C22H25NO4. The lowest BCUT2D eigenvalue weighted by Gasteiger charge is -2.18. The highest BCUT2D eigenvalue weighted by molar-refractivity contribution is 6.02. The first-order valence-corrected chi connectivity index (χ1v) is 8.81. The number of ether oxygens (including phenoxy) is 1. The van der Waals surface area contributed by atoms with E-state index in [2.05, 4.69) is 5.32 Å². The normalized spacial score (nSPS) is 12.2. The van der Waals surface area contributed by atoms with Crippen LogP contribution >= 0.6 is 0 Å². The molecule has 27 heavy (non-hydrogen) atoms. The third-order valence-electron chi connectivity index (χ3n) is 4.02. The molecule has 0 aromatic heterocycles. The van der Waals surface area contributed by atoms with Gasteiger partial charge in [-0.3, -0.25) is 9.59 Å². The number of aryl methyl sites for hydroxylation is 1. The molecule has 0 aliphatic heterocycles. The van der Waals surface area contributed by atoms with Gasteiger partial charge in [0.1, 0.15) is 0 Å². The van der Waals surface area contributed by atoms with Crippen LogP contribution in [0, 0.1) is 12.3 Å². The Kier molecular flexibility index (Phi) is 6.16. The standard InChI is InChI=1S/C22H25NO4/c1-14-7-6-8-17(13-14)20(25)27-15(2)19(24)16-9-11-18(12-10-16)23-21(26)22(3,4)5/h6-13,15H,1-5H3,(H,23,26)/t15-/m0/s1. The summed E-state index contributed by atoms with van der Waals surface area (Å²) in [5.41, 5.74) is 1.86. The van der Waals surface area contributed by atoms with Gasteiger partial charge in [0.2, 0.25) is 11.7 Å².